The normalized spacial score (nSPS) is 25.3. The van der Waals surface area contributed by atoms with Crippen LogP contribution in [-0.2, 0) is 6.54 Å². The van der Waals surface area contributed by atoms with Crippen molar-refractivity contribution < 1.29 is 9.50 Å². The fourth-order valence-corrected chi connectivity index (χ4v) is 2.60. The van der Waals surface area contributed by atoms with Gasteiger partial charge in [-0.3, -0.25) is 9.58 Å². The van der Waals surface area contributed by atoms with Crippen molar-refractivity contribution in [2.75, 3.05) is 13.1 Å². The summed E-state index contributed by atoms with van der Waals surface area (Å²) >= 11 is 0. The molecular formula is C13H22FN3O. The Labute approximate surface area is 107 Å². The standard InChI is InChI=1S/C13H22FN3O/c1-8(2)17-10(4)11(9(3)15-17)5-16-6-12(14)13(18)7-16/h8,12-13,18H,5-7H2,1-4H3/t12-,13-/m1/s1. The van der Waals surface area contributed by atoms with Gasteiger partial charge in [-0.05, 0) is 27.7 Å². The number of halogens is 1. The van der Waals surface area contributed by atoms with Gasteiger partial charge in [0.15, 0.2) is 0 Å². The van der Waals surface area contributed by atoms with E-state index >= 15 is 0 Å². The van der Waals surface area contributed by atoms with Crippen molar-refractivity contribution >= 4 is 0 Å². The minimum Gasteiger partial charge on any atom is -0.389 e. The highest BCUT2D eigenvalue weighted by atomic mass is 19.1. The maximum absolute atomic E-state index is 13.3. The van der Waals surface area contributed by atoms with E-state index < -0.39 is 12.3 Å². The number of alkyl halides is 1. The van der Waals surface area contributed by atoms with E-state index in [-0.39, 0.29) is 0 Å². The lowest BCUT2D eigenvalue weighted by Gasteiger charge is -2.15. The maximum atomic E-state index is 13.3. The highest BCUT2D eigenvalue weighted by Gasteiger charge is 2.31. The lowest BCUT2D eigenvalue weighted by Crippen LogP contribution is -2.22. The molecule has 0 unspecified atom stereocenters. The number of aryl methyl sites for hydroxylation is 1. The Morgan fingerprint density at radius 1 is 1.39 bits per heavy atom. The second-order valence-electron chi connectivity index (χ2n) is 5.47. The van der Waals surface area contributed by atoms with Gasteiger partial charge in [0.1, 0.15) is 6.17 Å². The van der Waals surface area contributed by atoms with E-state index in [4.69, 9.17) is 0 Å². The summed E-state index contributed by atoms with van der Waals surface area (Å²) in [4.78, 5) is 1.96. The molecule has 1 aromatic rings. The number of aromatic nitrogens is 2. The summed E-state index contributed by atoms with van der Waals surface area (Å²) < 4.78 is 15.3. The molecule has 1 fully saturated rings. The number of hydrogen-bond acceptors (Lipinski definition) is 3. The molecule has 102 valence electrons. The van der Waals surface area contributed by atoms with Gasteiger partial charge in [-0.2, -0.15) is 5.10 Å². The molecule has 2 atom stereocenters. The van der Waals surface area contributed by atoms with Crippen LogP contribution in [0.4, 0.5) is 4.39 Å². The second kappa shape index (κ2) is 4.97. The molecule has 0 amide bonds. The van der Waals surface area contributed by atoms with E-state index in [9.17, 15) is 9.50 Å². The Hall–Kier alpha value is -0.940. The van der Waals surface area contributed by atoms with Crippen LogP contribution in [0.1, 0.15) is 36.8 Å². The third-order valence-corrected chi connectivity index (χ3v) is 3.64. The molecule has 0 bridgehead atoms. The van der Waals surface area contributed by atoms with E-state index in [2.05, 4.69) is 25.9 Å². The van der Waals surface area contributed by atoms with Crippen LogP contribution in [0.2, 0.25) is 0 Å². The molecule has 18 heavy (non-hydrogen) atoms. The van der Waals surface area contributed by atoms with Gasteiger partial charge < -0.3 is 5.11 Å². The van der Waals surface area contributed by atoms with Crippen LogP contribution < -0.4 is 0 Å². The molecule has 0 aromatic carbocycles. The van der Waals surface area contributed by atoms with Gasteiger partial charge in [0.2, 0.25) is 0 Å². The Kier molecular flexibility index (Phi) is 3.73. The number of hydrogen-bond donors (Lipinski definition) is 1. The first-order chi connectivity index (χ1) is 8.40. The average molecular weight is 255 g/mol. The molecule has 2 heterocycles. The monoisotopic (exact) mass is 255 g/mol. The van der Waals surface area contributed by atoms with E-state index in [0.717, 1.165) is 17.0 Å². The number of aliphatic hydroxyl groups is 1. The molecule has 0 radical (unpaired) electrons. The Morgan fingerprint density at radius 3 is 2.50 bits per heavy atom. The van der Waals surface area contributed by atoms with Crippen LogP contribution in [-0.4, -0.2) is 45.2 Å². The molecule has 0 aliphatic carbocycles. The molecule has 1 aromatic heterocycles. The second-order valence-corrected chi connectivity index (χ2v) is 5.47. The van der Waals surface area contributed by atoms with Gasteiger partial charge in [0.25, 0.3) is 0 Å². The van der Waals surface area contributed by atoms with E-state index in [1.54, 1.807) is 0 Å². The average Bonchev–Trinajstić information content (AvgIpc) is 2.73. The fourth-order valence-electron chi connectivity index (χ4n) is 2.60. The predicted molar refractivity (Wildman–Crippen MR) is 68.3 cm³/mol. The summed E-state index contributed by atoms with van der Waals surface area (Å²) in [6.45, 7) is 9.62. The zero-order chi connectivity index (χ0) is 13.4. The van der Waals surface area contributed by atoms with E-state index in [1.165, 1.54) is 0 Å². The minimum atomic E-state index is -1.12. The number of likely N-dealkylation sites (tertiary alicyclic amines) is 1. The SMILES string of the molecule is Cc1nn(C(C)C)c(C)c1CN1C[C@@H](O)[C@H](F)C1. The summed E-state index contributed by atoms with van der Waals surface area (Å²) in [5.74, 6) is 0. The highest BCUT2D eigenvalue weighted by Crippen LogP contribution is 2.22. The summed E-state index contributed by atoms with van der Waals surface area (Å²) in [5.41, 5.74) is 3.29. The van der Waals surface area contributed by atoms with Crippen molar-refractivity contribution in [2.24, 2.45) is 0 Å². The lowest BCUT2D eigenvalue weighted by atomic mass is 10.2. The minimum absolute atomic E-state index is 0.312. The lowest BCUT2D eigenvalue weighted by molar-refractivity contribution is 0.115. The quantitative estimate of drug-likeness (QED) is 0.892. The molecule has 2 rings (SSSR count). The first kappa shape index (κ1) is 13.5. The van der Waals surface area contributed by atoms with E-state index in [1.807, 2.05) is 16.5 Å². The Balaban J connectivity index is 2.15. The molecule has 4 nitrogen and oxygen atoms in total. The molecule has 1 aliphatic heterocycles. The molecule has 1 N–H and O–H groups in total. The van der Waals surface area contributed by atoms with Gasteiger partial charge in [-0.1, -0.05) is 0 Å². The largest absolute Gasteiger partial charge is 0.389 e. The van der Waals surface area contributed by atoms with Crippen molar-refractivity contribution in [3.8, 4) is 0 Å². The first-order valence-electron chi connectivity index (χ1n) is 6.49. The number of rotatable bonds is 3. The van der Waals surface area contributed by atoms with Gasteiger partial charge in [0, 0.05) is 36.9 Å². The number of aliphatic hydroxyl groups excluding tert-OH is 1. The van der Waals surface area contributed by atoms with Gasteiger partial charge in [-0.15, -0.1) is 0 Å². The summed E-state index contributed by atoms with van der Waals surface area (Å²) in [7, 11) is 0. The molecule has 5 heteroatoms. The third-order valence-electron chi connectivity index (χ3n) is 3.64. The van der Waals surface area contributed by atoms with Crippen LogP contribution in [0.15, 0.2) is 0 Å². The molecule has 1 saturated heterocycles. The van der Waals surface area contributed by atoms with Crippen molar-refractivity contribution in [3.05, 3.63) is 17.0 Å². The fraction of sp³-hybridized carbons (Fsp3) is 0.769. The summed E-state index contributed by atoms with van der Waals surface area (Å²) in [6, 6.07) is 0.329. The van der Waals surface area contributed by atoms with Crippen LogP contribution in [0.5, 0.6) is 0 Å². The Morgan fingerprint density at radius 2 is 2.06 bits per heavy atom. The topological polar surface area (TPSA) is 41.3 Å². The first-order valence-corrected chi connectivity index (χ1v) is 6.49. The number of nitrogens with zero attached hydrogens (tertiary/aromatic N) is 3. The Bertz CT molecular complexity index is 420. The maximum Gasteiger partial charge on any atom is 0.140 e. The van der Waals surface area contributed by atoms with Crippen molar-refractivity contribution in [1.29, 1.82) is 0 Å². The molecular weight excluding hydrogens is 233 g/mol. The summed E-state index contributed by atoms with van der Waals surface area (Å²) in [5, 5.41) is 14.0. The summed E-state index contributed by atoms with van der Waals surface area (Å²) in [6.07, 6.45) is -1.96. The van der Waals surface area contributed by atoms with Gasteiger partial charge >= 0.3 is 0 Å². The van der Waals surface area contributed by atoms with Crippen LogP contribution in [0.25, 0.3) is 0 Å². The molecule has 0 spiro atoms. The van der Waals surface area contributed by atoms with Crippen LogP contribution >= 0.6 is 0 Å². The predicted octanol–water partition coefficient (Wildman–Crippen LogP) is 1.60. The van der Waals surface area contributed by atoms with Crippen molar-refractivity contribution in [3.63, 3.8) is 0 Å². The zero-order valence-electron chi connectivity index (χ0n) is 11.5. The van der Waals surface area contributed by atoms with Crippen molar-refractivity contribution in [1.82, 2.24) is 14.7 Å². The van der Waals surface area contributed by atoms with Crippen LogP contribution in [0.3, 0.4) is 0 Å². The molecule has 0 saturated carbocycles. The van der Waals surface area contributed by atoms with Gasteiger partial charge in [0.05, 0.1) is 11.8 Å². The molecule has 1 aliphatic rings. The zero-order valence-corrected chi connectivity index (χ0v) is 11.5. The highest BCUT2D eigenvalue weighted by molar-refractivity contribution is 5.25. The smallest absolute Gasteiger partial charge is 0.140 e. The van der Waals surface area contributed by atoms with E-state index in [0.29, 0.717) is 25.7 Å². The van der Waals surface area contributed by atoms with Crippen molar-refractivity contribution in [2.45, 2.75) is 52.6 Å². The van der Waals surface area contributed by atoms with Crippen LogP contribution in [0, 0.1) is 13.8 Å². The third kappa shape index (κ3) is 2.42. The van der Waals surface area contributed by atoms with Gasteiger partial charge in [-0.25, -0.2) is 4.39 Å². The number of β-amino-alcohol motifs (C(OH)–C–C–N with tert-alkyl or cyclic N) is 1.